The van der Waals surface area contributed by atoms with Crippen LogP contribution in [-0.2, 0) is 20.8 Å². The van der Waals surface area contributed by atoms with E-state index >= 15 is 0 Å². The van der Waals surface area contributed by atoms with E-state index in [4.69, 9.17) is 14.0 Å². The van der Waals surface area contributed by atoms with Gasteiger partial charge in [0, 0.05) is 39.8 Å². The highest BCUT2D eigenvalue weighted by atomic mass is 16.6. The van der Waals surface area contributed by atoms with Crippen molar-refractivity contribution in [3.05, 3.63) is 18.0 Å². The third kappa shape index (κ3) is 5.08. The highest BCUT2D eigenvalue weighted by Crippen LogP contribution is 2.22. The maximum atomic E-state index is 11.5. The van der Waals surface area contributed by atoms with Crippen molar-refractivity contribution in [2.45, 2.75) is 32.1 Å². The van der Waals surface area contributed by atoms with Crippen molar-refractivity contribution in [2.24, 2.45) is 0 Å². The molecule has 0 bridgehead atoms. The van der Waals surface area contributed by atoms with Crippen molar-refractivity contribution in [1.29, 1.82) is 0 Å². The van der Waals surface area contributed by atoms with Gasteiger partial charge in [-0.15, -0.1) is 0 Å². The largest absolute Gasteiger partial charge is 0.369 e. The van der Waals surface area contributed by atoms with E-state index in [9.17, 15) is 4.79 Å². The van der Waals surface area contributed by atoms with Gasteiger partial charge in [-0.1, -0.05) is 5.16 Å². The zero-order valence-electron chi connectivity index (χ0n) is 13.7. The summed E-state index contributed by atoms with van der Waals surface area (Å²) in [6, 6.07) is 1.86. The Kier molecular flexibility index (Phi) is 5.55. The Balaban J connectivity index is 1.84. The predicted octanol–water partition coefficient (Wildman–Crippen LogP) is 0.759. The standard InChI is InChI=1S/C15H25N3O4/c1-15(2)11-18(7-12-5-6-21-16-12)8-13(22-15)9-20-10-14(19)17(3)4/h5-6,13H,7-11H2,1-4H3/t13-/m1/s1. The molecule has 0 saturated carbocycles. The summed E-state index contributed by atoms with van der Waals surface area (Å²) < 4.78 is 16.4. The minimum atomic E-state index is -0.262. The van der Waals surface area contributed by atoms with Gasteiger partial charge in [0.15, 0.2) is 0 Å². The van der Waals surface area contributed by atoms with E-state index in [1.54, 1.807) is 20.4 Å². The second kappa shape index (κ2) is 7.21. The number of hydrogen-bond donors (Lipinski definition) is 0. The van der Waals surface area contributed by atoms with Crippen molar-refractivity contribution in [3.63, 3.8) is 0 Å². The summed E-state index contributed by atoms with van der Waals surface area (Å²) in [4.78, 5) is 15.3. The van der Waals surface area contributed by atoms with Gasteiger partial charge in [0.2, 0.25) is 5.91 Å². The van der Waals surface area contributed by atoms with Gasteiger partial charge in [-0.25, -0.2) is 0 Å². The molecule has 0 radical (unpaired) electrons. The smallest absolute Gasteiger partial charge is 0.248 e. The Bertz CT molecular complexity index is 473. The molecule has 1 amide bonds. The number of amides is 1. The van der Waals surface area contributed by atoms with Crippen molar-refractivity contribution < 1.29 is 18.8 Å². The molecule has 124 valence electrons. The SMILES string of the molecule is CN(C)C(=O)COC[C@H]1CN(Cc2ccon2)CC(C)(C)O1. The Hall–Kier alpha value is -1.44. The van der Waals surface area contributed by atoms with Gasteiger partial charge >= 0.3 is 0 Å². The summed E-state index contributed by atoms with van der Waals surface area (Å²) in [5.74, 6) is -0.0467. The molecule has 7 heteroatoms. The summed E-state index contributed by atoms with van der Waals surface area (Å²) in [6.45, 7) is 6.87. The number of carbonyl (C=O) groups is 1. The maximum Gasteiger partial charge on any atom is 0.248 e. The molecule has 2 heterocycles. The molecule has 1 aliphatic rings. The molecule has 0 aromatic carbocycles. The number of rotatable bonds is 6. The third-order valence-electron chi connectivity index (χ3n) is 3.46. The van der Waals surface area contributed by atoms with Gasteiger partial charge in [-0.05, 0) is 13.8 Å². The van der Waals surface area contributed by atoms with E-state index in [1.165, 1.54) is 4.90 Å². The van der Waals surface area contributed by atoms with E-state index in [-0.39, 0.29) is 24.2 Å². The zero-order valence-corrected chi connectivity index (χ0v) is 13.7. The lowest BCUT2D eigenvalue weighted by atomic mass is 10.1. The summed E-state index contributed by atoms with van der Waals surface area (Å²) in [5, 5.41) is 3.95. The van der Waals surface area contributed by atoms with Crippen LogP contribution in [0, 0.1) is 0 Å². The highest BCUT2D eigenvalue weighted by Gasteiger charge is 2.33. The first-order chi connectivity index (χ1) is 10.4. The fraction of sp³-hybridized carbons (Fsp3) is 0.733. The van der Waals surface area contributed by atoms with Gasteiger partial charge in [-0.3, -0.25) is 9.69 Å². The molecule has 1 fully saturated rings. The first-order valence-electron chi connectivity index (χ1n) is 7.43. The average Bonchev–Trinajstić information content (AvgIpc) is 2.89. The molecule has 1 saturated heterocycles. The predicted molar refractivity (Wildman–Crippen MR) is 80.2 cm³/mol. The van der Waals surface area contributed by atoms with Gasteiger partial charge in [0.25, 0.3) is 0 Å². The monoisotopic (exact) mass is 311 g/mol. The Morgan fingerprint density at radius 3 is 2.95 bits per heavy atom. The molecule has 0 aliphatic carbocycles. The highest BCUT2D eigenvalue weighted by molar-refractivity contribution is 5.76. The van der Waals surface area contributed by atoms with Crippen LogP contribution < -0.4 is 0 Å². The quantitative estimate of drug-likeness (QED) is 0.772. The maximum absolute atomic E-state index is 11.5. The number of hydrogen-bond acceptors (Lipinski definition) is 6. The number of nitrogens with zero attached hydrogens (tertiary/aromatic N) is 3. The van der Waals surface area contributed by atoms with Crippen LogP contribution in [0.1, 0.15) is 19.5 Å². The van der Waals surface area contributed by atoms with Crippen LogP contribution in [0.3, 0.4) is 0 Å². The third-order valence-corrected chi connectivity index (χ3v) is 3.46. The number of ether oxygens (including phenoxy) is 2. The number of morpholine rings is 1. The second-order valence-electron chi connectivity index (χ2n) is 6.46. The zero-order chi connectivity index (χ0) is 16.2. The van der Waals surface area contributed by atoms with Crippen LogP contribution in [0.2, 0.25) is 0 Å². The van der Waals surface area contributed by atoms with Gasteiger partial charge in [-0.2, -0.15) is 0 Å². The van der Waals surface area contributed by atoms with Crippen LogP contribution >= 0.6 is 0 Å². The van der Waals surface area contributed by atoms with E-state index in [1.807, 2.05) is 6.07 Å². The molecule has 0 unspecified atom stereocenters. The van der Waals surface area contributed by atoms with Crippen LogP contribution in [-0.4, -0.2) is 73.0 Å². The Morgan fingerprint density at radius 1 is 1.55 bits per heavy atom. The normalized spacial score (nSPS) is 21.7. The average molecular weight is 311 g/mol. The van der Waals surface area contributed by atoms with Crippen molar-refractivity contribution in [1.82, 2.24) is 15.0 Å². The number of carbonyl (C=O) groups excluding carboxylic acids is 1. The summed E-state index contributed by atoms with van der Waals surface area (Å²) in [5.41, 5.74) is 0.641. The van der Waals surface area contributed by atoms with Crippen molar-refractivity contribution in [3.8, 4) is 0 Å². The van der Waals surface area contributed by atoms with E-state index < -0.39 is 0 Å². The molecule has 7 nitrogen and oxygen atoms in total. The van der Waals surface area contributed by atoms with Crippen LogP contribution in [0.5, 0.6) is 0 Å². The van der Waals surface area contributed by atoms with Crippen LogP contribution in [0.15, 0.2) is 16.9 Å². The fourth-order valence-electron chi connectivity index (χ4n) is 2.58. The van der Waals surface area contributed by atoms with Crippen molar-refractivity contribution >= 4 is 5.91 Å². The van der Waals surface area contributed by atoms with Gasteiger partial charge < -0.3 is 18.9 Å². The Labute approximate surface area is 131 Å². The fourth-order valence-corrected chi connectivity index (χ4v) is 2.58. The lowest BCUT2D eigenvalue weighted by Crippen LogP contribution is -2.53. The molecule has 22 heavy (non-hydrogen) atoms. The molecule has 0 spiro atoms. The molecule has 1 atom stereocenters. The van der Waals surface area contributed by atoms with Gasteiger partial charge in [0.05, 0.1) is 24.0 Å². The molecule has 0 N–H and O–H groups in total. The van der Waals surface area contributed by atoms with Crippen LogP contribution in [0.4, 0.5) is 0 Å². The van der Waals surface area contributed by atoms with E-state index in [0.29, 0.717) is 6.61 Å². The molecule has 1 aromatic heterocycles. The first kappa shape index (κ1) is 16.9. The lowest BCUT2D eigenvalue weighted by molar-refractivity contribution is -0.161. The summed E-state index contributed by atoms with van der Waals surface area (Å²) in [6.07, 6.45) is 1.51. The first-order valence-corrected chi connectivity index (χ1v) is 7.43. The summed E-state index contributed by atoms with van der Waals surface area (Å²) in [7, 11) is 3.43. The van der Waals surface area contributed by atoms with Gasteiger partial charge in [0.1, 0.15) is 12.9 Å². The van der Waals surface area contributed by atoms with E-state index in [0.717, 1.165) is 25.3 Å². The lowest BCUT2D eigenvalue weighted by Gasteiger charge is -2.42. The minimum Gasteiger partial charge on any atom is -0.369 e. The Morgan fingerprint density at radius 2 is 2.32 bits per heavy atom. The van der Waals surface area contributed by atoms with E-state index in [2.05, 4.69) is 23.9 Å². The van der Waals surface area contributed by atoms with Crippen molar-refractivity contribution in [2.75, 3.05) is 40.4 Å². The molecule has 2 rings (SSSR count). The molecular weight excluding hydrogens is 286 g/mol. The number of aromatic nitrogens is 1. The number of likely N-dealkylation sites (N-methyl/N-ethyl adjacent to an activating group) is 1. The topological polar surface area (TPSA) is 68.0 Å². The van der Waals surface area contributed by atoms with Crippen LogP contribution in [0.25, 0.3) is 0 Å². The minimum absolute atomic E-state index is 0.0467. The second-order valence-corrected chi connectivity index (χ2v) is 6.46. The molecular formula is C15H25N3O4. The molecule has 1 aliphatic heterocycles. The summed E-state index contributed by atoms with van der Waals surface area (Å²) >= 11 is 0. The molecule has 1 aromatic rings.